The molecule has 1 heterocycles. The van der Waals surface area contributed by atoms with E-state index in [2.05, 4.69) is 38.1 Å². The smallest absolute Gasteiger partial charge is 0.0788 e. The number of thioether (sulfide) groups is 1. The van der Waals surface area contributed by atoms with Crippen molar-refractivity contribution in [1.29, 1.82) is 0 Å². The fraction of sp³-hybridized carbons (Fsp3) is 0.538. The van der Waals surface area contributed by atoms with Gasteiger partial charge in [0, 0.05) is 17.4 Å². The molecule has 0 radical (unpaired) electrons. The van der Waals surface area contributed by atoms with Crippen molar-refractivity contribution in [1.82, 2.24) is 0 Å². The quantitative estimate of drug-likeness (QED) is 0.830. The zero-order valence-electron chi connectivity index (χ0n) is 9.36. The van der Waals surface area contributed by atoms with Gasteiger partial charge in [-0.15, -0.1) is 0 Å². The third-order valence-electron chi connectivity index (χ3n) is 2.92. The van der Waals surface area contributed by atoms with Crippen LogP contribution in [-0.2, 0) is 6.42 Å². The van der Waals surface area contributed by atoms with Crippen LogP contribution in [0.15, 0.2) is 24.3 Å². The van der Waals surface area contributed by atoms with E-state index in [1.807, 2.05) is 11.8 Å². The normalized spacial score (nSPS) is 30.7. The molecule has 1 N–H and O–H groups in total. The number of hydrogen-bond acceptors (Lipinski definition) is 2. The maximum absolute atomic E-state index is 10.4. The standard InChI is InChI=1S/C13H18OS/c1-10-4-3-5-12(6-10)8-13(14)7-11(2)15-9-13/h3-6,11,14H,7-9H2,1-2H3. The van der Waals surface area contributed by atoms with Gasteiger partial charge in [0.25, 0.3) is 0 Å². The fourth-order valence-electron chi connectivity index (χ4n) is 2.28. The Morgan fingerprint density at radius 1 is 1.53 bits per heavy atom. The maximum atomic E-state index is 10.4. The van der Waals surface area contributed by atoms with Crippen LogP contribution in [0.5, 0.6) is 0 Å². The maximum Gasteiger partial charge on any atom is 0.0788 e. The zero-order valence-corrected chi connectivity index (χ0v) is 10.2. The van der Waals surface area contributed by atoms with Gasteiger partial charge in [-0.3, -0.25) is 0 Å². The minimum absolute atomic E-state index is 0.474. The highest BCUT2D eigenvalue weighted by molar-refractivity contribution is 8.00. The SMILES string of the molecule is Cc1cccc(CC2(O)CSC(C)C2)c1. The van der Waals surface area contributed by atoms with Gasteiger partial charge in [0.1, 0.15) is 0 Å². The predicted octanol–water partition coefficient (Wildman–Crippen LogP) is 2.79. The van der Waals surface area contributed by atoms with Gasteiger partial charge in [0.05, 0.1) is 5.60 Å². The molecule has 2 atom stereocenters. The fourth-order valence-corrected chi connectivity index (χ4v) is 3.52. The van der Waals surface area contributed by atoms with E-state index < -0.39 is 5.60 Å². The van der Waals surface area contributed by atoms with E-state index in [4.69, 9.17) is 0 Å². The third-order valence-corrected chi connectivity index (χ3v) is 4.36. The van der Waals surface area contributed by atoms with Gasteiger partial charge in [-0.1, -0.05) is 36.8 Å². The van der Waals surface area contributed by atoms with Gasteiger partial charge < -0.3 is 5.11 Å². The third kappa shape index (κ3) is 2.76. The molecule has 1 aliphatic rings. The molecule has 15 heavy (non-hydrogen) atoms. The lowest BCUT2D eigenvalue weighted by Crippen LogP contribution is -2.31. The summed E-state index contributed by atoms with van der Waals surface area (Å²) < 4.78 is 0. The number of aryl methyl sites for hydroxylation is 1. The second-order valence-corrected chi connectivity index (χ2v) is 6.14. The second-order valence-electron chi connectivity index (χ2n) is 4.72. The Labute approximate surface area is 95.9 Å². The Bertz CT molecular complexity index is 350. The largest absolute Gasteiger partial charge is 0.389 e. The molecule has 1 fully saturated rings. The minimum atomic E-state index is -0.474. The molecule has 0 aromatic heterocycles. The zero-order chi connectivity index (χ0) is 10.9. The van der Waals surface area contributed by atoms with Crippen LogP contribution in [0, 0.1) is 6.92 Å². The van der Waals surface area contributed by atoms with Gasteiger partial charge in [-0.05, 0) is 18.9 Å². The second kappa shape index (κ2) is 4.18. The van der Waals surface area contributed by atoms with Crippen molar-refractivity contribution in [3.63, 3.8) is 0 Å². The summed E-state index contributed by atoms with van der Waals surface area (Å²) in [5, 5.41) is 11.0. The molecule has 0 amide bonds. The van der Waals surface area contributed by atoms with Crippen molar-refractivity contribution in [2.24, 2.45) is 0 Å². The summed E-state index contributed by atoms with van der Waals surface area (Å²) in [5.74, 6) is 0.877. The Morgan fingerprint density at radius 3 is 2.93 bits per heavy atom. The van der Waals surface area contributed by atoms with Crippen LogP contribution in [0.1, 0.15) is 24.5 Å². The first-order valence-electron chi connectivity index (χ1n) is 5.47. The highest BCUT2D eigenvalue weighted by Crippen LogP contribution is 2.36. The Hall–Kier alpha value is -0.470. The van der Waals surface area contributed by atoms with Crippen molar-refractivity contribution < 1.29 is 5.11 Å². The molecule has 1 aromatic rings. The first-order chi connectivity index (χ1) is 7.07. The van der Waals surface area contributed by atoms with Crippen LogP contribution in [0.25, 0.3) is 0 Å². The lowest BCUT2D eigenvalue weighted by Gasteiger charge is -2.21. The molecule has 1 aliphatic heterocycles. The van der Waals surface area contributed by atoms with Crippen molar-refractivity contribution in [2.75, 3.05) is 5.75 Å². The molecule has 2 rings (SSSR count). The molecule has 0 saturated carbocycles. The number of aliphatic hydroxyl groups is 1. The first-order valence-corrected chi connectivity index (χ1v) is 6.52. The average Bonchev–Trinajstić information content (AvgIpc) is 2.45. The predicted molar refractivity (Wildman–Crippen MR) is 66.4 cm³/mol. The summed E-state index contributed by atoms with van der Waals surface area (Å²) >= 11 is 1.88. The molecule has 1 nitrogen and oxygen atoms in total. The van der Waals surface area contributed by atoms with E-state index in [1.54, 1.807) is 0 Å². The summed E-state index contributed by atoms with van der Waals surface area (Å²) in [6.07, 6.45) is 1.72. The lowest BCUT2D eigenvalue weighted by atomic mass is 9.92. The lowest BCUT2D eigenvalue weighted by molar-refractivity contribution is 0.0642. The summed E-state index contributed by atoms with van der Waals surface area (Å²) in [5.41, 5.74) is 2.06. The van der Waals surface area contributed by atoms with Gasteiger partial charge in [-0.25, -0.2) is 0 Å². The van der Waals surface area contributed by atoms with Crippen molar-refractivity contribution in [3.8, 4) is 0 Å². The molecule has 2 unspecified atom stereocenters. The van der Waals surface area contributed by atoms with Crippen molar-refractivity contribution in [3.05, 3.63) is 35.4 Å². The topological polar surface area (TPSA) is 20.2 Å². The van der Waals surface area contributed by atoms with Gasteiger partial charge >= 0.3 is 0 Å². The van der Waals surface area contributed by atoms with Crippen molar-refractivity contribution >= 4 is 11.8 Å². The molecule has 1 aromatic carbocycles. The van der Waals surface area contributed by atoms with Gasteiger partial charge in [-0.2, -0.15) is 11.8 Å². The molecule has 2 heteroatoms. The highest BCUT2D eigenvalue weighted by Gasteiger charge is 2.35. The monoisotopic (exact) mass is 222 g/mol. The first kappa shape index (κ1) is 11.0. The number of rotatable bonds is 2. The van der Waals surface area contributed by atoms with E-state index in [0.29, 0.717) is 5.25 Å². The molecule has 0 spiro atoms. The Morgan fingerprint density at radius 2 is 2.33 bits per heavy atom. The molecule has 0 bridgehead atoms. The molecule has 0 aliphatic carbocycles. The summed E-state index contributed by atoms with van der Waals surface area (Å²) in [7, 11) is 0. The Balaban J connectivity index is 2.08. The van der Waals surface area contributed by atoms with E-state index in [0.717, 1.165) is 18.6 Å². The number of hydrogen-bond donors (Lipinski definition) is 1. The van der Waals surface area contributed by atoms with E-state index in [9.17, 15) is 5.11 Å². The van der Waals surface area contributed by atoms with Crippen LogP contribution >= 0.6 is 11.8 Å². The van der Waals surface area contributed by atoms with Crippen LogP contribution in [0.4, 0.5) is 0 Å². The summed E-state index contributed by atoms with van der Waals surface area (Å²) in [6.45, 7) is 4.29. The molecular formula is C13H18OS. The van der Waals surface area contributed by atoms with E-state index >= 15 is 0 Å². The minimum Gasteiger partial charge on any atom is -0.389 e. The molecular weight excluding hydrogens is 204 g/mol. The number of benzene rings is 1. The van der Waals surface area contributed by atoms with Gasteiger partial charge in [0.15, 0.2) is 0 Å². The molecule has 1 saturated heterocycles. The van der Waals surface area contributed by atoms with E-state index in [-0.39, 0.29) is 0 Å². The van der Waals surface area contributed by atoms with Crippen LogP contribution in [-0.4, -0.2) is 21.7 Å². The van der Waals surface area contributed by atoms with Gasteiger partial charge in [0.2, 0.25) is 0 Å². The average molecular weight is 222 g/mol. The highest BCUT2D eigenvalue weighted by atomic mass is 32.2. The van der Waals surface area contributed by atoms with Crippen molar-refractivity contribution in [2.45, 2.75) is 37.5 Å². The van der Waals surface area contributed by atoms with Crippen LogP contribution in [0.3, 0.4) is 0 Å². The Kier molecular flexibility index (Phi) is 3.08. The van der Waals surface area contributed by atoms with Crippen LogP contribution in [0.2, 0.25) is 0 Å². The van der Waals surface area contributed by atoms with Crippen LogP contribution < -0.4 is 0 Å². The van der Waals surface area contributed by atoms with E-state index in [1.165, 1.54) is 11.1 Å². The summed E-state index contributed by atoms with van der Waals surface area (Å²) in [4.78, 5) is 0. The molecule has 82 valence electrons. The summed E-state index contributed by atoms with van der Waals surface area (Å²) in [6, 6.07) is 8.45.